The highest BCUT2D eigenvalue weighted by atomic mass is 16.4. The maximum atomic E-state index is 12.3. The molecule has 12 nitrogen and oxygen atoms in total. The third kappa shape index (κ3) is 5.26. The van der Waals surface area contributed by atoms with Gasteiger partial charge in [-0.1, -0.05) is 18.2 Å². The van der Waals surface area contributed by atoms with Gasteiger partial charge in [-0.25, -0.2) is 14.8 Å². The van der Waals surface area contributed by atoms with Crippen molar-refractivity contribution >= 4 is 40.1 Å². The van der Waals surface area contributed by atoms with E-state index >= 15 is 0 Å². The van der Waals surface area contributed by atoms with Crippen LogP contribution in [-0.2, 0) is 18.4 Å². The van der Waals surface area contributed by atoms with Gasteiger partial charge in [0.05, 0.1) is 28.7 Å². The number of para-hydroxylation sites is 1. The predicted octanol–water partition coefficient (Wildman–Crippen LogP) is 4.26. The zero-order chi connectivity index (χ0) is 29.4. The van der Waals surface area contributed by atoms with Crippen molar-refractivity contribution in [2.24, 2.45) is 7.05 Å². The van der Waals surface area contributed by atoms with E-state index in [0.29, 0.717) is 25.5 Å². The summed E-state index contributed by atoms with van der Waals surface area (Å²) in [6.07, 6.45) is 7.57. The van der Waals surface area contributed by atoms with Crippen LogP contribution >= 0.6 is 0 Å². The lowest BCUT2D eigenvalue weighted by atomic mass is 9.99. The predicted molar refractivity (Wildman–Crippen MR) is 161 cm³/mol. The number of aromatic nitrogens is 6. The normalized spacial score (nSPS) is 14.6. The maximum absolute atomic E-state index is 12.3. The molecular weight excluding hydrogens is 534 g/mol. The number of hydrogen-bond donors (Lipinski definition) is 3. The van der Waals surface area contributed by atoms with Crippen LogP contribution in [0.4, 0.5) is 17.3 Å². The minimum atomic E-state index is -1.05. The molecule has 0 saturated carbocycles. The first-order chi connectivity index (χ1) is 20.3. The van der Waals surface area contributed by atoms with Gasteiger partial charge in [0.2, 0.25) is 11.9 Å². The number of rotatable bonds is 8. The fraction of sp³-hybridized carbons (Fsp3) is 0.267. The summed E-state index contributed by atoms with van der Waals surface area (Å²) < 4.78 is 3.77. The highest BCUT2D eigenvalue weighted by Crippen LogP contribution is 2.39. The van der Waals surface area contributed by atoms with Crippen LogP contribution in [0.3, 0.4) is 0 Å². The lowest BCUT2D eigenvalue weighted by Crippen LogP contribution is -2.22. The summed E-state index contributed by atoms with van der Waals surface area (Å²) in [5, 5.41) is 26.0. The number of carboxylic acid groups (broad SMARTS) is 1. The number of fused-ring (bicyclic) bond motifs is 2. The van der Waals surface area contributed by atoms with Crippen molar-refractivity contribution in [3.05, 3.63) is 66.7 Å². The third-order valence-corrected chi connectivity index (χ3v) is 7.35. The first-order valence-electron chi connectivity index (χ1n) is 13.7. The molecule has 0 saturated heterocycles. The number of carbonyl (C=O) groups is 2. The van der Waals surface area contributed by atoms with E-state index in [9.17, 15) is 9.59 Å². The molecule has 5 aromatic rings. The van der Waals surface area contributed by atoms with Gasteiger partial charge in [-0.3, -0.25) is 14.2 Å². The number of nitrogens with zero attached hydrogens (tertiary/aromatic N) is 7. The van der Waals surface area contributed by atoms with E-state index in [1.807, 2.05) is 55.1 Å². The average Bonchev–Trinajstić information content (AvgIpc) is 3.52. The van der Waals surface area contributed by atoms with E-state index in [-0.39, 0.29) is 17.5 Å². The van der Waals surface area contributed by atoms with Gasteiger partial charge < -0.3 is 20.6 Å². The lowest BCUT2D eigenvalue weighted by molar-refractivity contribution is -0.116. The van der Waals surface area contributed by atoms with Crippen LogP contribution in [0.15, 0.2) is 61.2 Å². The van der Waals surface area contributed by atoms with Gasteiger partial charge in [-0.05, 0) is 37.1 Å². The van der Waals surface area contributed by atoms with Crippen LogP contribution in [0.5, 0.6) is 0 Å². The summed E-state index contributed by atoms with van der Waals surface area (Å²) >= 11 is 0. The molecule has 1 atom stereocenters. The standard InChI is InChI=1S/C30H31N9O3/c1-18-12-26(40)35-24-7-4-6-22(28(24)34-18)19-8-9-25-23(13-19)27(21-16-33-38(3)17-21)36-39(25)11-5-10-37(2)30-31-14-20(15-32-30)29(41)42/h4,6-9,13-18,34H,5,10-12H2,1-3H3,(H,35,40)(H,41,42)/t18-/m1/s1. The molecule has 0 radical (unpaired) electrons. The van der Waals surface area contributed by atoms with Crippen LogP contribution in [0.25, 0.3) is 33.3 Å². The van der Waals surface area contributed by atoms with E-state index in [1.165, 1.54) is 12.4 Å². The Hall–Kier alpha value is -5.26. The molecule has 4 heterocycles. The van der Waals surface area contributed by atoms with Crippen molar-refractivity contribution in [3.8, 4) is 22.4 Å². The molecule has 42 heavy (non-hydrogen) atoms. The Morgan fingerprint density at radius 1 is 1.14 bits per heavy atom. The van der Waals surface area contributed by atoms with Gasteiger partial charge in [-0.15, -0.1) is 0 Å². The smallest absolute Gasteiger partial charge is 0.338 e. The number of carboxylic acids is 1. The van der Waals surface area contributed by atoms with Crippen molar-refractivity contribution in [2.45, 2.75) is 32.4 Å². The summed E-state index contributed by atoms with van der Waals surface area (Å²) in [5.74, 6) is -0.592. The molecule has 6 rings (SSSR count). The molecule has 1 aliphatic heterocycles. The number of carbonyl (C=O) groups excluding carboxylic acids is 1. The Labute approximate surface area is 242 Å². The molecule has 0 aliphatic carbocycles. The number of hydrogen-bond acceptors (Lipinski definition) is 8. The molecule has 12 heteroatoms. The van der Waals surface area contributed by atoms with Gasteiger partial charge in [-0.2, -0.15) is 10.2 Å². The molecule has 0 bridgehead atoms. The molecule has 1 amide bonds. The first-order valence-corrected chi connectivity index (χ1v) is 13.7. The second-order valence-electron chi connectivity index (χ2n) is 10.6. The first kappa shape index (κ1) is 26.9. The largest absolute Gasteiger partial charge is 0.478 e. The van der Waals surface area contributed by atoms with E-state index < -0.39 is 5.97 Å². The van der Waals surface area contributed by atoms with Crippen molar-refractivity contribution in [1.29, 1.82) is 0 Å². The Bertz CT molecular complexity index is 1790. The Kier molecular flexibility index (Phi) is 7.03. The number of nitrogens with one attached hydrogen (secondary N) is 2. The van der Waals surface area contributed by atoms with Crippen LogP contribution in [0.2, 0.25) is 0 Å². The van der Waals surface area contributed by atoms with Crippen LogP contribution in [0, 0.1) is 0 Å². The van der Waals surface area contributed by atoms with Crippen LogP contribution in [0.1, 0.15) is 30.1 Å². The molecule has 1 aliphatic rings. The Morgan fingerprint density at radius 2 is 1.95 bits per heavy atom. The minimum absolute atomic E-state index is 0.00322. The summed E-state index contributed by atoms with van der Waals surface area (Å²) in [5.41, 5.74) is 6.53. The molecule has 3 N–H and O–H groups in total. The number of benzene rings is 2. The molecular formula is C30H31N9O3. The van der Waals surface area contributed by atoms with Crippen molar-refractivity contribution in [2.75, 3.05) is 29.1 Å². The number of amides is 1. The van der Waals surface area contributed by atoms with E-state index in [4.69, 9.17) is 10.2 Å². The highest BCUT2D eigenvalue weighted by molar-refractivity contribution is 6.02. The van der Waals surface area contributed by atoms with Crippen LogP contribution < -0.4 is 15.5 Å². The van der Waals surface area contributed by atoms with E-state index in [0.717, 1.165) is 51.1 Å². The molecule has 3 aromatic heterocycles. The zero-order valence-electron chi connectivity index (χ0n) is 23.6. The summed E-state index contributed by atoms with van der Waals surface area (Å²) in [6.45, 7) is 3.31. The highest BCUT2D eigenvalue weighted by Gasteiger charge is 2.22. The average molecular weight is 566 g/mol. The van der Waals surface area contributed by atoms with Crippen LogP contribution in [-0.4, -0.2) is 66.1 Å². The molecule has 0 spiro atoms. The van der Waals surface area contributed by atoms with Crippen molar-refractivity contribution < 1.29 is 14.7 Å². The van der Waals surface area contributed by atoms with Crippen molar-refractivity contribution in [3.63, 3.8) is 0 Å². The van der Waals surface area contributed by atoms with E-state index in [2.05, 4.69) is 50.0 Å². The number of aryl methyl sites for hydroxylation is 2. The fourth-order valence-corrected chi connectivity index (χ4v) is 5.29. The number of anilines is 3. The summed E-state index contributed by atoms with van der Waals surface area (Å²) in [7, 11) is 3.76. The lowest BCUT2D eigenvalue weighted by Gasteiger charge is -2.17. The maximum Gasteiger partial charge on any atom is 0.338 e. The summed E-state index contributed by atoms with van der Waals surface area (Å²) in [4.78, 5) is 33.7. The van der Waals surface area contributed by atoms with Gasteiger partial charge in [0.1, 0.15) is 5.69 Å². The summed E-state index contributed by atoms with van der Waals surface area (Å²) in [6, 6.07) is 12.3. The Morgan fingerprint density at radius 3 is 2.69 bits per heavy atom. The second kappa shape index (κ2) is 11.0. The van der Waals surface area contributed by atoms with Crippen molar-refractivity contribution in [1.82, 2.24) is 29.5 Å². The fourth-order valence-electron chi connectivity index (χ4n) is 5.29. The zero-order valence-corrected chi connectivity index (χ0v) is 23.6. The van der Waals surface area contributed by atoms with Gasteiger partial charge in [0.25, 0.3) is 0 Å². The van der Waals surface area contributed by atoms with Gasteiger partial charge >= 0.3 is 5.97 Å². The van der Waals surface area contributed by atoms with E-state index in [1.54, 1.807) is 4.68 Å². The third-order valence-electron chi connectivity index (χ3n) is 7.35. The minimum Gasteiger partial charge on any atom is -0.478 e. The second-order valence-corrected chi connectivity index (χ2v) is 10.6. The SMILES string of the molecule is C[C@@H]1CC(=O)Nc2cccc(-c3ccc4c(c3)c(-c3cnn(C)c3)nn4CCCN(C)c3ncc(C(=O)O)cn3)c2N1. The molecule has 0 unspecified atom stereocenters. The molecule has 214 valence electrons. The monoisotopic (exact) mass is 565 g/mol. The van der Waals surface area contributed by atoms with Gasteiger partial charge in [0, 0.05) is 74.8 Å². The topological polar surface area (TPSA) is 143 Å². The van der Waals surface area contributed by atoms with Gasteiger partial charge in [0.15, 0.2) is 0 Å². The quantitative estimate of drug-likeness (QED) is 0.251. The molecule has 0 fully saturated rings. The number of aromatic carboxylic acids is 1. The molecule has 2 aromatic carbocycles. The Balaban J connectivity index is 1.31.